The number of nitriles is 1. The Hall–Kier alpha value is -4.77. The van der Waals surface area contributed by atoms with Crippen LogP contribution in [0.4, 0.5) is 0 Å². The number of β-amino-alcohol motifs (C(OH)–C–C–N with tert-alkyl or cyclic N) is 1. The number of nitrogens with zero attached hydrogens (tertiary/aromatic N) is 4. The molecule has 0 saturated carbocycles. The van der Waals surface area contributed by atoms with Crippen LogP contribution in [0.1, 0.15) is 47.6 Å². The van der Waals surface area contributed by atoms with Crippen molar-refractivity contribution in [3.05, 3.63) is 110 Å². The van der Waals surface area contributed by atoms with Gasteiger partial charge in [0.25, 0.3) is 5.56 Å². The molecule has 0 radical (unpaired) electrons. The number of hydrogen-bond donors (Lipinski definition) is 4. The van der Waals surface area contributed by atoms with Gasteiger partial charge in [-0.05, 0) is 74.2 Å². The lowest BCUT2D eigenvalue weighted by Gasteiger charge is -2.25. The number of pyridine rings is 2. The SMILES string of the molecule is Cc1c(COc2cc(OCc3cncc(C#N)c3)c(CN[C@](C)(CO)C(=O)O)cc2Cl)cccc1-c1cccn(CCCN2CC[C@@H](O)C2)c1=O. The standard InChI is InChI=1S/C38H42ClN5O7/c1-25-28(6-3-7-31(25)32-8-4-11-44(36(32)47)12-5-10-43-13-9-30(46)21-43)23-51-35-16-34(50-22-27-14-26(17-40)18-41-19-27)29(15-33(35)39)20-42-38(2,24-45)37(48)49/h3-4,6-8,11,14-16,18-19,30,42,45-46H,5,9-10,12-13,20-24H2,1-2H3,(H,48,49)/t30-,38-/m1/s1. The smallest absolute Gasteiger partial charge is 0.326 e. The van der Waals surface area contributed by atoms with Crippen molar-refractivity contribution in [1.82, 2.24) is 19.8 Å². The number of aryl methyl sites for hydroxylation is 1. The van der Waals surface area contributed by atoms with Crippen molar-refractivity contribution in [2.75, 3.05) is 26.2 Å². The second-order valence-electron chi connectivity index (χ2n) is 12.9. The molecule has 1 fully saturated rings. The first-order valence-corrected chi connectivity index (χ1v) is 17.1. The molecule has 3 heterocycles. The van der Waals surface area contributed by atoms with E-state index in [1.165, 1.54) is 13.1 Å². The lowest BCUT2D eigenvalue weighted by molar-refractivity contribution is -0.145. The highest BCUT2D eigenvalue weighted by atomic mass is 35.5. The van der Waals surface area contributed by atoms with E-state index < -0.39 is 18.1 Å². The summed E-state index contributed by atoms with van der Waals surface area (Å²) in [4.78, 5) is 31.6. The zero-order valence-corrected chi connectivity index (χ0v) is 29.4. The lowest BCUT2D eigenvalue weighted by atomic mass is 9.97. The highest BCUT2D eigenvalue weighted by molar-refractivity contribution is 6.32. The summed E-state index contributed by atoms with van der Waals surface area (Å²) in [5, 5.41) is 41.5. The van der Waals surface area contributed by atoms with Gasteiger partial charge in [-0.25, -0.2) is 0 Å². The first-order chi connectivity index (χ1) is 24.5. The lowest BCUT2D eigenvalue weighted by Crippen LogP contribution is -2.52. The van der Waals surface area contributed by atoms with Crippen LogP contribution in [0.5, 0.6) is 11.5 Å². The van der Waals surface area contributed by atoms with Crippen LogP contribution in [-0.2, 0) is 31.1 Å². The van der Waals surface area contributed by atoms with Crippen molar-refractivity contribution >= 4 is 17.6 Å². The Labute approximate surface area is 301 Å². The van der Waals surface area contributed by atoms with Gasteiger partial charge in [0.1, 0.15) is 36.3 Å². The summed E-state index contributed by atoms with van der Waals surface area (Å²) < 4.78 is 14.1. The molecular formula is C38H42ClN5O7. The molecule has 4 aromatic rings. The summed E-state index contributed by atoms with van der Waals surface area (Å²) in [6.45, 7) is 5.82. The minimum absolute atomic E-state index is 0.00627. The van der Waals surface area contributed by atoms with E-state index in [4.69, 9.17) is 21.1 Å². The molecule has 13 heteroatoms. The van der Waals surface area contributed by atoms with Gasteiger partial charge < -0.3 is 34.3 Å². The van der Waals surface area contributed by atoms with E-state index in [-0.39, 0.29) is 36.4 Å². The van der Waals surface area contributed by atoms with Crippen molar-refractivity contribution < 1.29 is 29.6 Å². The molecule has 2 aromatic heterocycles. The fraction of sp³-hybridized carbons (Fsp3) is 0.368. The zero-order valence-electron chi connectivity index (χ0n) is 28.6. The number of nitrogens with one attached hydrogen (secondary N) is 1. The van der Waals surface area contributed by atoms with Crippen LogP contribution in [0.3, 0.4) is 0 Å². The molecule has 1 aliphatic rings. The van der Waals surface area contributed by atoms with E-state index in [9.17, 15) is 30.2 Å². The summed E-state index contributed by atoms with van der Waals surface area (Å²) in [6, 6.07) is 16.4. The number of likely N-dealkylation sites (tertiary alicyclic amines) is 1. The molecule has 0 bridgehead atoms. The average molecular weight is 716 g/mol. The molecule has 2 aromatic carbocycles. The number of halogens is 1. The molecule has 4 N–H and O–H groups in total. The summed E-state index contributed by atoms with van der Waals surface area (Å²) in [5.41, 5.74) is 2.98. The summed E-state index contributed by atoms with van der Waals surface area (Å²) in [6.07, 6.45) is 6.15. The average Bonchev–Trinajstić information content (AvgIpc) is 3.55. The van der Waals surface area contributed by atoms with Crippen LogP contribution in [0.15, 0.2) is 71.9 Å². The van der Waals surface area contributed by atoms with E-state index in [0.29, 0.717) is 46.8 Å². The Kier molecular flexibility index (Phi) is 12.5. The highest BCUT2D eigenvalue weighted by Gasteiger charge is 2.32. The maximum atomic E-state index is 13.6. The maximum Gasteiger partial charge on any atom is 0.326 e. The Balaban J connectivity index is 1.34. The van der Waals surface area contributed by atoms with E-state index >= 15 is 0 Å². The predicted octanol–water partition coefficient (Wildman–Crippen LogP) is 4.28. The number of carbonyl (C=O) groups is 1. The highest BCUT2D eigenvalue weighted by Crippen LogP contribution is 2.35. The Morgan fingerprint density at radius 3 is 2.61 bits per heavy atom. The third-order valence-electron chi connectivity index (χ3n) is 9.15. The molecule has 0 amide bonds. The Bertz CT molecular complexity index is 1960. The number of aliphatic carboxylic acids is 1. The Morgan fingerprint density at radius 2 is 1.88 bits per heavy atom. The number of aliphatic hydroxyl groups is 2. The molecule has 0 spiro atoms. The Morgan fingerprint density at radius 1 is 1.10 bits per heavy atom. The van der Waals surface area contributed by atoms with Gasteiger partial charge in [-0.15, -0.1) is 0 Å². The van der Waals surface area contributed by atoms with Crippen LogP contribution in [0, 0.1) is 18.3 Å². The minimum Gasteiger partial charge on any atom is -0.488 e. The van der Waals surface area contributed by atoms with E-state index in [1.807, 2.05) is 37.3 Å². The van der Waals surface area contributed by atoms with Gasteiger partial charge in [0.05, 0.1) is 23.3 Å². The first-order valence-electron chi connectivity index (χ1n) is 16.7. The molecule has 0 unspecified atom stereocenters. The number of carboxylic acids is 1. The van der Waals surface area contributed by atoms with Crippen LogP contribution in [0.25, 0.3) is 11.1 Å². The third kappa shape index (κ3) is 9.32. The molecule has 0 aliphatic carbocycles. The van der Waals surface area contributed by atoms with Crippen molar-refractivity contribution in [3.8, 4) is 28.7 Å². The largest absolute Gasteiger partial charge is 0.488 e. The van der Waals surface area contributed by atoms with E-state index in [1.54, 1.807) is 35.2 Å². The van der Waals surface area contributed by atoms with Crippen molar-refractivity contribution in [3.63, 3.8) is 0 Å². The van der Waals surface area contributed by atoms with Gasteiger partial charge in [0, 0.05) is 67.5 Å². The predicted molar refractivity (Wildman–Crippen MR) is 192 cm³/mol. The molecule has 51 heavy (non-hydrogen) atoms. The maximum absolute atomic E-state index is 13.6. The quantitative estimate of drug-likeness (QED) is 0.131. The second-order valence-corrected chi connectivity index (χ2v) is 13.3. The second kappa shape index (κ2) is 17.0. The molecule has 12 nitrogen and oxygen atoms in total. The van der Waals surface area contributed by atoms with Crippen molar-refractivity contribution in [1.29, 1.82) is 5.26 Å². The number of carboxylic acid groups (broad SMARTS) is 1. The molecule has 1 saturated heterocycles. The first kappa shape index (κ1) is 37.5. The van der Waals surface area contributed by atoms with Crippen LogP contribution in [0.2, 0.25) is 5.02 Å². The fourth-order valence-corrected chi connectivity index (χ4v) is 6.16. The zero-order chi connectivity index (χ0) is 36.5. The van der Waals surface area contributed by atoms with Crippen LogP contribution in [-0.4, -0.2) is 73.6 Å². The number of ether oxygens (including phenoxy) is 2. The number of aliphatic hydroxyl groups excluding tert-OH is 2. The van der Waals surface area contributed by atoms with E-state index in [2.05, 4.69) is 21.3 Å². The number of benzene rings is 2. The van der Waals surface area contributed by atoms with Crippen molar-refractivity contribution in [2.24, 2.45) is 0 Å². The van der Waals surface area contributed by atoms with Gasteiger partial charge in [0.2, 0.25) is 0 Å². The number of rotatable bonds is 16. The van der Waals surface area contributed by atoms with Gasteiger partial charge in [-0.1, -0.05) is 29.8 Å². The number of hydrogen-bond acceptors (Lipinski definition) is 10. The molecule has 268 valence electrons. The molecule has 5 rings (SSSR count). The topological polar surface area (TPSA) is 170 Å². The summed E-state index contributed by atoms with van der Waals surface area (Å²) in [7, 11) is 0. The molecular weight excluding hydrogens is 674 g/mol. The normalized spacial score (nSPS) is 15.6. The molecule has 2 atom stereocenters. The van der Waals surface area contributed by atoms with Gasteiger partial charge in [0.15, 0.2) is 0 Å². The fourth-order valence-electron chi connectivity index (χ4n) is 5.92. The van der Waals surface area contributed by atoms with Crippen LogP contribution < -0.4 is 20.3 Å². The minimum atomic E-state index is -1.60. The summed E-state index contributed by atoms with van der Waals surface area (Å²) in [5.74, 6) is -0.546. The molecule has 1 aliphatic heterocycles. The van der Waals surface area contributed by atoms with Crippen LogP contribution >= 0.6 is 11.6 Å². The van der Waals surface area contributed by atoms with E-state index in [0.717, 1.165) is 42.6 Å². The van der Waals surface area contributed by atoms with Gasteiger partial charge >= 0.3 is 5.97 Å². The number of aromatic nitrogens is 2. The van der Waals surface area contributed by atoms with Gasteiger partial charge in [-0.3, -0.25) is 19.9 Å². The third-order valence-corrected chi connectivity index (χ3v) is 9.45. The monoisotopic (exact) mass is 715 g/mol. The van der Waals surface area contributed by atoms with Gasteiger partial charge in [-0.2, -0.15) is 5.26 Å². The summed E-state index contributed by atoms with van der Waals surface area (Å²) >= 11 is 6.69. The van der Waals surface area contributed by atoms with Crippen molar-refractivity contribution in [2.45, 2.75) is 64.6 Å².